The second kappa shape index (κ2) is 6.40. The molecule has 142 valence electrons. The van der Waals surface area contributed by atoms with Gasteiger partial charge in [-0.15, -0.1) is 0 Å². The van der Waals surface area contributed by atoms with Crippen molar-refractivity contribution in [2.24, 2.45) is 5.92 Å². The molecule has 3 aromatic rings. The van der Waals surface area contributed by atoms with Crippen LogP contribution in [0.15, 0.2) is 35.1 Å². The highest BCUT2D eigenvalue weighted by atomic mass is 19.4. The lowest BCUT2D eigenvalue weighted by atomic mass is 10.00. The van der Waals surface area contributed by atoms with Gasteiger partial charge in [-0.05, 0) is 37.0 Å². The average molecular weight is 378 g/mol. The number of likely N-dealkylation sites (tertiary alicyclic amines) is 1. The number of aromatic nitrogens is 3. The summed E-state index contributed by atoms with van der Waals surface area (Å²) in [6.45, 7) is 3.19. The Hall–Kier alpha value is -2.84. The Morgan fingerprint density at radius 2 is 2.19 bits per heavy atom. The first kappa shape index (κ1) is 17.6. The number of hydrogen-bond acceptors (Lipinski definition) is 4. The van der Waals surface area contributed by atoms with Gasteiger partial charge in [-0.3, -0.25) is 4.79 Å². The Kier molecular flexibility index (Phi) is 4.16. The van der Waals surface area contributed by atoms with E-state index in [0.717, 1.165) is 25.1 Å². The number of nitrogens with zero attached hydrogens (tertiary/aromatic N) is 4. The van der Waals surface area contributed by atoms with Gasteiger partial charge >= 0.3 is 6.18 Å². The van der Waals surface area contributed by atoms with Gasteiger partial charge in [0.15, 0.2) is 17.1 Å². The lowest BCUT2D eigenvalue weighted by molar-refractivity contribution is -0.142. The monoisotopic (exact) mass is 378 g/mol. The summed E-state index contributed by atoms with van der Waals surface area (Å²) < 4.78 is 46.5. The van der Waals surface area contributed by atoms with Crippen molar-refractivity contribution in [3.8, 4) is 11.5 Å². The van der Waals surface area contributed by atoms with Gasteiger partial charge in [0.2, 0.25) is 0 Å². The molecule has 0 unspecified atom stereocenters. The number of carbonyl (C=O) groups excluding carboxylic acids is 1. The fourth-order valence-electron chi connectivity index (χ4n) is 3.41. The van der Waals surface area contributed by atoms with Gasteiger partial charge in [0.05, 0.1) is 12.5 Å². The Bertz CT molecular complexity index is 979. The van der Waals surface area contributed by atoms with Crippen molar-refractivity contribution in [2.45, 2.75) is 25.9 Å². The van der Waals surface area contributed by atoms with Crippen molar-refractivity contribution in [3.05, 3.63) is 41.9 Å². The molecule has 27 heavy (non-hydrogen) atoms. The van der Waals surface area contributed by atoms with Crippen LogP contribution in [0.2, 0.25) is 0 Å². The molecule has 6 nitrogen and oxygen atoms in total. The second-order valence-electron chi connectivity index (χ2n) is 6.79. The van der Waals surface area contributed by atoms with Crippen molar-refractivity contribution in [2.75, 3.05) is 13.1 Å². The summed E-state index contributed by atoms with van der Waals surface area (Å²) in [4.78, 5) is 18.8. The van der Waals surface area contributed by atoms with Crippen molar-refractivity contribution < 1.29 is 22.4 Å². The van der Waals surface area contributed by atoms with Crippen LogP contribution in [0.25, 0.3) is 17.1 Å². The average Bonchev–Trinajstić information content (AvgIpc) is 3.29. The number of amides is 1. The molecule has 4 heterocycles. The first-order valence-electron chi connectivity index (χ1n) is 8.63. The van der Waals surface area contributed by atoms with Gasteiger partial charge in [0.1, 0.15) is 11.3 Å². The molecule has 1 fully saturated rings. The maximum atomic E-state index is 13.5. The lowest BCUT2D eigenvalue weighted by Crippen LogP contribution is -2.39. The molecule has 4 rings (SSSR count). The SMILES string of the molecule is C[C@H]1CCCN(C(=O)c2cnn3c(C(F)(F)F)cc(-c4ccco4)nc23)C1. The third-order valence-corrected chi connectivity index (χ3v) is 4.71. The predicted molar refractivity (Wildman–Crippen MR) is 90.0 cm³/mol. The molecule has 3 aromatic heterocycles. The minimum atomic E-state index is -4.66. The van der Waals surface area contributed by atoms with E-state index < -0.39 is 11.9 Å². The number of hydrogen-bond donors (Lipinski definition) is 0. The molecule has 9 heteroatoms. The first-order valence-corrected chi connectivity index (χ1v) is 8.63. The van der Waals surface area contributed by atoms with E-state index in [1.54, 1.807) is 11.0 Å². The van der Waals surface area contributed by atoms with Crippen LogP contribution in [0.3, 0.4) is 0 Å². The molecule has 1 aliphatic heterocycles. The summed E-state index contributed by atoms with van der Waals surface area (Å²) in [6.07, 6.45) is -0.256. The maximum absolute atomic E-state index is 13.5. The number of alkyl halides is 3. The molecule has 0 radical (unpaired) electrons. The number of carbonyl (C=O) groups is 1. The molecule has 1 aliphatic rings. The smallest absolute Gasteiger partial charge is 0.433 e. The summed E-state index contributed by atoms with van der Waals surface area (Å²) in [5.41, 5.74) is -1.08. The molecule has 0 bridgehead atoms. The van der Waals surface area contributed by atoms with Gasteiger partial charge in [0.25, 0.3) is 5.91 Å². The van der Waals surface area contributed by atoms with Crippen LogP contribution in [-0.4, -0.2) is 38.5 Å². The van der Waals surface area contributed by atoms with Gasteiger partial charge in [0, 0.05) is 13.1 Å². The Labute approximate surface area is 152 Å². The van der Waals surface area contributed by atoms with Crippen molar-refractivity contribution in [3.63, 3.8) is 0 Å². The van der Waals surface area contributed by atoms with Crippen LogP contribution in [0.1, 0.15) is 35.8 Å². The molecule has 1 saturated heterocycles. The van der Waals surface area contributed by atoms with Gasteiger partial charge in [-0.2, -0.15) is 18.3 Å². The number of piperidine rings is 1. The molecule has 1 amide bonds. The molecular formula is C18H17F3N4O2. The number of furan rings is 1. The Morgan fingerprint density at radius 3 is 2.85 bits per heavy atom. The highest BCUT2D eigenvalue weighted by Gasteiger charge is 2.36. The summed E-state index contributed by atoms with van der Waals surface area (Å²) in [7, 11) is 0. The van der Waals surface area contributed by atoms with E-state index in [-0.39, 0.29) is 28.6 Å². The molecule has 0 aliphatic carbocycles. The zero-order valence-electron chi connectivity index (χ0n) is 14.5. The predicted octanol–water partition coefficient (Wildman–Crippen LogP) is 3.88. The molecule has 0 N–H and O–H groups in total. The molecular weight excluding hydrogens is 361 g/mol. The van der Waals surface area contributed by atoms with Crippen LogP contribution in [-0.2, 0) is 6.18 Å². The number of halogens is 3. The third-order valence-electron chi connectivity index (χ3n) is 4.71. The summed E-state index contributed by atoms with van der Waals surface area (Å²) in [6, 6.07) is 3.95. The number of rotatable bonds is 2. The van der Waals surface area contributed by atoms with E-state index in [9.17, 15) is 18.0 Å². The minimum absolute atomic E-state index is 0.00128. The van der Waals surface area contributed by atoms with Gasteiger partial charge < -0.3 is 9.32 Å². The van der Waals surface area contributed by atoms with Crippen LogP contribution in [0.5, 0.6) is 0 Å². The summed E-state index contributed by atoms with van der Waals surface area (Å²) in [5.74, 6) is 0.185. The molecule has 0 saturated carbocycles. The zero-order chi connectivity index (χ0) is 19.2. The standard InChI is InChI=1S/C18H17F3N4O2/c1-11-4-2-6-24(10-11)17(26)12-9-22-25-15(18(19,20)21)8-13(23-16(12)25)14-5-3-7-27-14/h3,5,7-9,11H,2,4,6,10H2,1H3/t11-/m0/s1. The summed E-state index contributed by atoms with van der Waals surface area (Å²) >= 11 is 0. The maximum Gasteiger partial charge on any atom is 0.433 e. The van der Waals surface area contributed by atoms with Crippen LogP contribution >= 0.6 is 0 Å². The Balaban J connectivity index is 1.85. The van der Waals surface area contributed by atoms with Crippen molar-refractivity contribution >= 4 is 11.6 Å². The fraction of sp³-hybridized carbons (Fsp3) is 0.389. The highest BCUT2D eigenvalue weighted by molar-refractivity contribution is 6.00. The lowest BCUT2D eigenvalue weighted by Gasteiger charge is -2.30. The third kappa shape index (κ3) is 3.17. The van der Waals surface area contributed by atoms with Crippen LogP contribution < -0.4 is 0 Å². The normalized spacial score (nSPS) is 18.2. The first-order chi connectivity index (χ1) is 12.8. The number of fused-ring (bicyclic) bond motifs is 1. The van der Waals surface area contributed by atoms with Crippen molar-refractivity contribution in [1.82, 2.24) is 19.5 Å². The minimum Gasteiger partial charge on any atom is -0.463 e. The van der Waals surface area contributed by atoms with E-state index in [0.29, 0.717) is 23.5 Å². The quantitative estimate of drug-likeness (QED) is 0.679. The largest absolute Gasteiger partial charge is 0.463 e. The van der Waals surface area contributed by atoms with E-state index >= 15 is 0 Å². The molecule has 0 spiro atoms. The molecule has 1 atom stereocenters. The fourth-order valence-corrected chi connectivity index (χ4v) is 3.41. The molecule has 0 aromatic carbocycles. The topological polar surface area (TPSA) is 63.6 Å². The van der Waals surface area contributed by atoms with Gasteiger partial charge in [-0.25, -0.2) is 9.50 Å². The van der Waals surface area contributed by atoms with Crippen molar-refractivity contribution in [1.29, 1.82) is 0 Å². The van der Waals surface area contributed by atoms with Gasteiger partial charge in [-0.1, -0.05) is 6.92 Å². The van der Waals surface area contributed by atoms with E-state index in [4.69, 9.17) is 4.42 Å². The van der Waals surface area contributed by atoms with Crippen LogP contribution in [0.4, 0.5) is 13.2 Å². The zero-order valence-corrected chi connectivity index (χ0v) is 14.5. The van der Waals surface area contributed by atoms with Crippen LogP contribution in [0, 0.1) is 5.92 Å². The summed E-state index contributed by atoms with van der Waals surface area (Å²) in [5, 5.41) is 3.80. The van der Waals surface area contributed by atoms with E-state index in [1.807, 2.05) is 6.92 Å². The second-order valence-corrected chi connectivity index (χ2v) is 6.79. The Morgan fingerprint density at radius 1 is 1.37 bits per heavy atom. The van der Waals surface area contributed by atoms with E-state index in [2.05, 4.69) is 10.1 Å². The highest BCUT2D eigenvalue weighted by Crippen LogP contribution is 2.33. The van der Waals surface area contributed by atoms with E-state index in [1.165, 1.54) is 12.3 Å².